The van der Waals surface area contributed by atoms with E-state index in [0.717, 1.165) is 88.8 Å². The van der Waals surface area contributed by atoms with E-state index in [1.807, 2.05) is 18.2 Å². The zero-order valence-electron chi connectivity index (χ0n) is 31.0. The molecule has 0 saturated carbocycles. The molecular weight excluding hydrogens is 695 g/mol. The van der Waals surface area contributed by atoms with E-state index in [9.17, 15) is 0 Å². The molecule has 11 rings (SSSR count). The van der Waals surface area contributed by atoms with Crippen molar-refractivity contribution in [3.8, 4) is 44.5 Å². The number of benzene rings is 9. The molecule has 0 unspecified atom stereocenters. The number of para-hydroxylation sites is 3. The number of hydrogen-bond acceptors (Lipinski definition) is 3. The average molecular weight is 730 g/mol. The van der Waals surface area contributed by atoms with Gasteiger partial charge in [0.15, 0.2) is 0 Å². The highest BCUT2D eigenvalue weighted by Crippen LogP contribution is 2.47. The Labute approximate surface area is 330 Å². The summed E-state index contributed by atoms with van der Waals surface area (Å²) < 4.78 is 13.2. The standard InChI is InChI=1S/C54H35NO2/c1-3-12-36(13-4-1)37-22-24-38(25-23-37)39-26-30-42(31-27-39)55(43-32-28-41(29-33-43)44-18-11-19-47-46-16-7-9-20-50(46)56-53(44)47)49-35-34-45(40-14-5-2-6-15-40)54-52(49)48-17-8-10-21-51(48)57-54/h1-35H. The van der Waals surface area contributed by atoms with Crippen LogP contribution in [0.1, 0.15) is 0 Å². The summed E-state index contributed by atoms with van der Waals surface area (Å²) in [6.07, 6.45) is 0. The van der Waals surface area contributed by atoms with Crippen LogP contribution in [0.5, 0.6) is 0 Å². The van der Waals surface area contributed by atoms with Gasteiger partial charge < -0.3 is 13.7 Å². The molecule has 0 fully saturated rings. The minimum atomic E-state index is 0.862. The Morgan fingerprint density at radius 2 is 0.719 bits per heavy atom. The first-order chi connectivity index (χ1) is 28.3. The Morgan fingerprint density at radius 1 is 0.281 bits per heavy atom. The molecule has 0 radical (unpaired) electrons. The quantitative estimate of drug-likeness (QED) is 0.164. The molecule has 0 bridgehead atoms. The lowest BCUT2D eigenvalue weighted by Gasteiger charge is -2.27. The molecule has 3 heteroatoms. The Morgan fingerprint density at radius 3 is 1.37 bits per heavy atom. The van der Waals surface area contributed by atoms with E-state index < -0.39 is 0 Å². The van der Waals surface area contributed by atoms with Crippen LogP contribution in [0.3, 0.4) is 0 Å². The molecule has 11 aromatic rings. The van der Waals surface area contributed by atoms with Gasteiger partial charge in [-0.05, 0) is 81.9 Å². The number of fused-ring (bicyclic) bond motifs is 6. The summed E-state index contributed by atoms with van der Waals surface area (Å²) in [7, 11) is 0. The minimum Gasteiger partial charge on any atom is -0.455 e. The van der Waals surface area contributed by atoms with E-state index in [1.54, 1.807) is 0 Å². The van der Waals surface area contributed by atoms with Gasteiger partial charge in [-0.15, -0.1) is 0 Å². The molecule has 0 saturated heterocycles. The van der Waals surface area contributed by atoms with Crippen LogP contribution in [-0.4, -0.2) is 0 Å². The third-order valence-electron chi connectivity index (χ3n) is 11.1. The van der Waals surface area contributed by atoms with Crippen molar-refractivity contribution in [2.75, 3.05) is 4.90 Å². The molecule has 9 aromatic carbocycles. The lowest BCUT2D eigenvalue weighted by atomic mass is 9.98. The second-order valence-electron chi connectivity index (χ2n) is 14.5. The number of anilines is 3. The van der Waals surface area contributed by atoms with E-state index in [4.69, 9.17) is 8.83 Å². The molecule has 0 spiro atoms. The third-order valence-corrected chi connectivity index (χ3v) is 11.1. The molecule has 0 aliphatic rings. The summed E-state index contributed by atoms with van der Waals surface area (Å²) >= 11 is 0. The van der Waals surface area contributed by atoms with Crippen LogP contribution in [0.2, 0.25) is 0 Å². The number of nitrogens with zero attached hydrogens (tertiary/aromatic N) is 1. The van der Waals surface area contributed by atoms with Gasteiger partial charge in [0.2, 0.25) is 0 Å². The topological polar surface area (TPSA) is 29.5 Å². The SMILES string of the molecule is c1ccc(-c2ccc(-c3ccc(N(c4ccc(-c5cccc6c5oc5ccccc56)cc4)c4ccc(-c5ccccc5)c5oc6ccccc6c45)cc3)cc2)cc1. The lowest BCUT2D eigenvalue weighted by Crippen LogP contribution is -2.10. The van der Waals surface area contributed by atoms with Crippen molar-refractivity contribution in [3.05, 3.63) is 212 Å². The number of rotatable bonds is 7. The fraction of sp³-hybridized carbons (Fsp3) is 0. The Hall–Kier alpha value is -7.62. The molecular formula is C54H35NO2. The Balaban J connectivity index is 1.06. The molecule has 2 heterocycles. The monoisotopic (exact) mass is 729 g/mol. The molecule has 0 aliphatic carbocycles. The molecule has 3 nitrogen and oxygen atoms in total. The average Bonchev–Trinajstić information content (AvgIpc) is 3.87. The normalized spacial score (nSPS) is 11.5. The van der Waals surface area contributed by atoms with Crippen molar-refractivity contribution in [1.29, 1.82) is 0 Å². The van der Waals surface area contributed by atoms with Crippen LogP contribution in [0.25, 0.3) is 88.4 Å². The maximum atomic E-state index is 6.72. The van der Waals surface area contributed by atoms with Gasteiger partial charge in [0.05, 0.1) is 11.1 Å². The Bertz CT molecular complexity index is 3200. The second-order valence-corrected chi connectivity index (χ2v) is 14.5. The van der Waals surface area contributed by atoms with E-state index >= 15 is 0 Å². The van der Waals surface area contributed by atoms with Crippen LogP contribution in [0.15, 0.2) is 221 Å². The summed E-state index contributed by atoms with van der Waals surface area (Å²) in [5.74, 6) is 0. The van der Waals surface area contributed by atoms with Crippen LogP contribution < -0.4 is 4.90 Å². The van der Waals surface area contributed by atoms with Gasteiger partial charge in [-0.1, -0.05) is 164 Å². The Kier molecular flexibility index (Phi) is 7.82. The highest BCUT2D eigenvalue weighted by Gasteiger charge is 2.22. The van der Waals surface area contributed by atoms with Crippen molar-refractivity contribution in [2.45, 2.75) is 0 Å². The van der Waals surface area contributed by atoms with Crippen molar-refractivity contribution in [2.24, 2.45) is 0 Å². The van der Waals surface area contributed by atoms with E-state index in [-0.39, 0.29) is 0 Å². The van der Waals surface area contributed by atoms with Crippen LogP contribution in [-0.2, 0) is 0 Å². The largest absolute Gasteiger partial charge is 0.455 e. The minimum absolute atomic E-state index is 0.862. The van der Waals surface area contributed by atoms with Gasteiger partial charge in [0.1, 0.15) is 22.3 Å². The second kappa shape index (κ2) is 13.6. The molecule has 0 amide bonds. The summed E-state index contributed by atoms with van der Waals surface area (Å²) in [6, 6.07) is 75.0. The first-order valence-electron chi connectivity index (χ1n) is 19.3. The van der Waals surface area contributed by atoms with Crippen molar-refractivity contribution < 1.29 is 8.83 Å². The van der Waals surface area contributed by atoms with Gasteiger partial charge in [-0.3, -0.25) is 0 Å². The summed E-state index contributed by atoms with van der Waals surface area (Å²) in [5, 5.41) is 4.40. The molecule has 0 aliphatic heterocycles. The molecule has 2 aromatic heterocycles. The van der Waals surface area contributed by atoms with E-state index in [1.165, 1.54) is 16.7 Å². The highest BCUT2D eigenvalue weighted by molar-refractivity contribution is 6.17. The van der Waals surface area contributed by atoms with Crippen LogP contribution >= 0.6 is 0 Å². The van der Waals surface area contributed by atoms with E-state index in [2.05, 4.69) is 199 Å². The third kappa shape index (κ3) is 5.68. The zero-order valence-corrected chi connectivity index (χ0v) is 31.0. The van der Waals surface area contributed by atoms with Gasteiger partial charge in [-0.25, -0.2) is 0 Å². The highest BCUT2D eigenvalue weighted by atomic mass is 16.3. The number of hydrogen-bond donors (Lipinski definition) is 0. The fourth-order valence-electron chi connectivity index (χ4n) is 8.32. The summed E-state index contributed by atoms with van der Waals surface area (Å²) in [4.78, 5) is 2.35. The lowest BCUT2D eigenvalue weighted by molar-refractivity contribution is 0.669. The maximum absolute atomic E-state index is 6.72. The van der Waals surface area contributed by atoms with Gasteiger partial charge in [-0.2, -0.15) is 0 Å². The predicted molar refractivity (Wildman–Crippen MR) is 237 cm³/mol. The van der Waals surface area contributed by atoms with Gasteiger partial charge >= 0.3 is 0 Å². The maximum Gasteiger partial charge on any atom is 0.145 e. The van der Waals surface area contributed by atoms with Gasteiger partial charge in [0.25, 0.3) is 0 Å². The first-order valence-corrected chi connectivity index (χ1v) is 19.3. The van der Waals surface area contributed by atoms with Crippen LogP contribution in [0.4, 0.5) is 17.1 Å². The summed E-state index contributed by atoms with van der Waals surface area (Å²) in [5.41, 5.74) is 15.8. The predicted octanol–water partition coefficient (Wildman–Crippen LogP) is 15.6. The van der Waals surface area contributed by atoms with E-state index in [0.29, 0.717) is 0 Å². The van der Waals surface area contributed by atoms with Crippen molar-refractivity contribution >= 4 is 60.9 Å². The molecule has 0 N–H and O–H groups in total. The first kappa shape index (κ1) is 32.8. The molecule has 0 atom stereocenters. The van der Waals surface area contributed by atoms with Crippen molar-refractivity contribution in [1.82, 2.24) is 0 Å². The summed E-state index contributed by atoms with van der Waals surface area (Å²) in [6.45, 7) is 0. The van der Waals surface area contributed by atoms with Crippen LogP contribution in [0, 0.1) is 0 Å². The molecule has 57 heavy (non-hydrogen) atoms. The number of furan rings is 2. The van der Waals surface area contributed by atoms with Crippen molar-refractivity contribution in [3.63, 3.8) is 0 Å². The fourth-order valence-corrected chi connectivity index (χ4v) is 8.32. The smallest absolute Gasteiger partial charge is 0.145 e. The zero-order chi connectivity index (χ0) is 37.7. The van der Waals surface area contributed by atoms with Gasteiger partial charge in [0, 0.05) is 38.7 Å². The molecule has 268 valence electrons.